The lowest BCUT2D eigenvalue weighted by Gasteiger charge is -2.09. The van der Waals surface area contributed by atoms with Crippen molar-refractivity contribution in [2.24, 2.45) is 0 Å². The molecule has 0 aliphatic carbocycles. The Morgan fingerprint density at radius 2 is 2.28 bits per heavy atom. The minimum atomic E-state index is 0.888. The molecule has 0 aliphatic heterocycles. The van der Waals surface area contributed by atoms with Crippen LogP contribution in [0.3, 0.4) is 0 Å². The third-order valence-electron chi connectivity index (χ3n) is 2.62. The minimum absolute atomic E-state index is 0.888. The van der Waals surface area contributed by atoms with Gasteiger partial charge >= 0.3 is 0 Å². The van der Waals surface area contributed by atoms with E-state index in [-0.39, 0.29) is 0 Å². The third-order valence-corrected chi connectivity index (χ3v) is 3.61. The number of nitrogens with zero attached hydrogens (tertiary/aromatic N) is 3. The summed E-state index contributed by atoms with van der Waals surface area (Å²) in [7, 11) is 1.72. The molecule has 0 atom stereocenters. The molecule has 4 nitrogen and oxygen atoms in total. The lowest BCUT2D eigenvalue weighted by Crippen LogP contribution is -2.01. The number of hydrogen-bond donors (Lipinski definition) is 0. The Balaban J connectivity index is 1.84. The lowest BCUT2D eigenvalue weighted by atomic mass is 10.1. The lowest BCUT2D eigenvalue weighted by molar-refractivity contribution is 0.411. The van der Waals surface area contributed by atoms with Gasteiger partial charge in [-0.3, -0.25) is 4.68 Å². The maximum absolute atomic E-state index is 5.36. The Bertz CT molecular complexity index is 485. The first-order valence-corrected chi connectivity index (χ1v) is 6.99. The summed E-state index contributed by atoms with van der Waals surface area (Å²) < 4.78 is 7.21. The van der Waals surface area contributed by atoms with E-state index in [9.17, 15) is 0 Å². The van der Waals surface area contributed by atoms with Gasteiger partial charge in [-0.05, 0) is 13.0 Å². The fraction of sp³-hybridized carbons (Fsp3) is 0.385. The summed E-state index contributed by atoms with van der Waals surface area (Å²) in [6.07, 6.45) is 3.31. The predicted molar refractivity (Wildman–Crippen MR) is 73.9 cm³/mol. The van der Waals surface area contributed by atoms with Crippen molar-refractivity contribution < 1.29 is 4.74 Å². The molecule has 0 saturated heterocycles. The van der Waals surface area contributed by atoms with Gasteiger partial charge in [0.1, 0.15) is 18.4 Å². The van der Waals surface area contributed by atoms with Crippen molar-refractivity contribution in [3.05, 3.63) is 42.0 Å². The van der Waals surface area contributed by atoms with Gasteiger partial charge in [0.05, 0.1) is 13.7 Å². The first kappa shape index (κ1) is 13.0. The van der Waals surface area contributed by atoms with Crippen LogP contribution in [0, 0.1) is 6.92 Å². The van der Waals surface area contributed by atoms with Crippen LogP contribution in [0.15, 0.2) is 30.9 Å². The Morgan fingerprint density at radius 3 is 3.00 bits per heavy atom. The zero-order valence-electron chi connectivity index (χ0n) is 10.7. The second-order valence-electron chi connectivity index (χ2n) is 4.03. The van der Waals surface area contributed by atoms with Gasteiger partial charge in [-0.15, -0.1) is 0 Å². The second-order valence-corrected chi connectivity index (χ2v) is 5.13. The third kappa shape index (κ3) is 3.50. The summed E-state index contributed by atoms with van der Waals surface area (Å²) in [6.45, 7) is 2.99. The minimum Gasteiger partial charge on any atom is -0.496 e. The highest BCUT2D eigenvalue weighted by molar-refractivity contribution is 7.98. The molecule has 0 saturated carbocycles. The van der Waals surface area contributed by atoms with E-state index in [1.54, 1.807) is 19.8 Å². The van der Waals surface area contributed by atoms with Crippen molar-refractivity contribution in [1.82, 2.24) is 14.8 Å². The van der Waals surface area contributed by atoms with Crippen LogP contribution in [0.4, 0.5) is 0 Å². The summed E-state index contributed by atoms with van der Waals surface area (Å²) in [5.41, 5.74) is 2.52. The first-order valence-electron chi connectivity index (χ1n) is 5.83. The summed E-state index contributed by atoms with van der Waals surface area (Å²) in [5.74, 6) is 2.94. The number of aromatic nitrogens is 3. The van der Waals surface area contributed by atoms with Crippen LogP contribution in [-0.2, 0) is 12.3 Å². The summed E-state index contributed by atoms with van der Waals surface area (Å²) in [4.78, 5) is 3.92. The van der Waals surface area contributed by atoms with Crippen LogP contribution >= 0.6 is 11.8 Å². The van der Waals surface area contributed by atoms with Crippen molar-refractivity contribution in [3.8, 4) is 5.75 Å². The monoisotopic (exact) mass is 263 g/mol. The number of aryl methyl sites for hydroxylation is 2. The number of ether oxygens (including phenoxy) is 1. The molecule has 0 unspecified atom stereocenters. The zero-order valence-corrected chi connectivity index (χ0v) is 11.5. The second kappa shape index (κ2) is 6.44. The molecule has 0 radical (unpaired) electrons. The molecule has 2 rings (SSSR count). The molecule has 1 aromatic heterocycles. The number of thioether (sulfide) groups is 1. The Kier molecular flexibility index (Phi) is 4.64. The van der Waals surface area contributed by atoms with Gasteiger partial charge in [0.15, 0.2) is 0 Å². The van der Waals surface area contributed by atoms with E-state index in [1.807, 2.05) is 22.5 Å². The quantitative estimate of drug-likeness (QED) is 0.751. The first-order chi connectivity index (χ1) is 8.79. The van der Waals surface area contributed by atoms with Gasteiger partial charge in [0.2, 0.25) is 0 Å². The molecule has 1 heterocycles. The molecule has 96 valence electrons. The zero-order chi connectivity index (χ0) is 12.8. The number of hydrogen-bond acceptors (Lipinski definition) is 4. The summed E-state index contributed by atoms with van der Waals surface area (Å²) >= 11 is 1.87. The van der Waals surface area contributed by atoms with Gasteiger partial charge in [-0.25, -0.2) is 4.98 Å². The van der Waals surface area contributed by atoms with E-state index in [1.165, 1.54) is 11.1 Å². The Hall–Kier alpha value is -1.49. The van der Waals surface area contributed by atoms with Crippen molar-refractivity contribution >= 4 is 11.8 Å². The van der Waals surface area contributed by atoms with Crippen LogP contribution in [0.1, 0.15) is 11.1 Å². The van der Waals surface area contributed by atoms with E-state index in [2.05, 4.69) is 29.1 Å². The van der Waals surface area contributed by atoms with Crippen molar-refractivity contribution in [3.63, 3.8) is 0 Å². The average Bonchev–Trinajstić information content (AvgIpc) is 2.88. The highest BCUT2D eigenvalue weighted by Gasteiger charge is 2.03. The van der Waals surface area contributed by atoms with E-state index in [0.717, 1.165) is 23.8 Å². The van der Waals surface area contributed by atoms with E-state index in [0.29, 0.717) is 0 Å². The molecular weight excluding hydrogens is 246 g/mol. The maximum Gasteiger partial charge on any atom is 0.137 e. The smallest absolute Gasteiger partial charge is 0.137 e. The fourth-order valence-electron chi connectivity index (χ4n) is 1.71. The van der Waals surface area contributed by atoms with Gasteiger partial charge in [-0.2, -0.15) is 16.9 Å². The summed E-state index contributed by atoms with van der Waals surface area (Å²) in [5, 5.41) is 4.08. The van der Waals surface area contributed by atoms with Crippen molar-refractivity contribution in [2.45, 2.75) is 19.2 Å². The van der Waals surface area contributed by atoms with Crippen LogP contribution in [0.5, 0.6) is 5.75 Å². The molecule has 2 aromatic rings. The van der Waals surface area contributed by atoms with Crippen LogP contribution in [0.2, 0.25) is 0 Å². The van der Waals surface area contributed by atoms with Gasteiger partial charge in [0.25, 0.3) is 0 Å². The van der Waals surface area contributed by atoms with E-state index in [4.69, 9.17) is 4.74 Å². The molecular formula is C13H17N3OS. The normalized spacial score (nSPS) is 10.6. The van der Waals surface area contributed by atoms with Gasteiger partial charge in [0, 0.05) is 17.1 Å². The van der Waals surface area contributed by atoms with Crippen LogP contribution < -0.4 is 4.74 Å². The average molecular weight is 263 g/mol. The van der Waals surface area contributed by atoms with E-state index >= 15 is 0 Å². The molecule has 0 amide bonds. The standard InChI is InChI=1S/C13H17N3OS/c1-11-3-4-13(17-2)12(7-11)8-18-6-5-16-10-14-9-15-16/h3-4,7,9-10H,5-6,8H2,1-2H3. The largest absolute Gasteiger partial charge is 0.496 e. The van der Waals surface area contributed by atoms with Crippen LogP contribution in [-0.4, -0.2) is 27.6 Å². The highest BCUT2D eigenvalue weighted by atomic mass is 32.2. The SMILES string of the molecule is COc1ccc(C)cc1CSCCn1cncn1. The topological polar surface area (TPSA) is 39.9 Å². The molecule has 5 heteroatoms. The predicted octanol–water partition coefficient (Wildman–Crippen LogP) is 2.53. The molecule has 0 spiro atoms. The Labute approximate surface area is 111 Å². The number of methoxy groups -OCH3 is 1. The number of benzene rings is 1. The molecule has 0 N–H and O–H groups in total. The maximum atomic E-state index is 5.36. The van der Waals surface area contributed by atoms with E-state index < -0.39 is 0 Å². The van der Waals surface area contributed by atoms with Crippen molar-refractivity contribution in [2.75, 3.05) is 12.9 Å². The highest BCUT2D eigenvalue weighted by Crippen LogP contribution is 2.24. The molecule has 0 aliphatic rings. The number of rotatable bonds is 6. The Morgan fingerprint density at radius 1 is 1.39 bits per heavy atom. The molecule has 1 aromatic carbocycles. The molecule has 0 bridgehead atoms. The van der Waals surface area contributed by atoms with Gasteiger partial charge in [-0.1, -0.05) is 17.7 Å². The summed E-state index contributed by atoms with van der Waals surface area (Å²) in [6, 6.07) is 6.28. The molecule has 18 heavy (non-hydrogen) atoms. The van der Waals surface area contributed by atoms with Crippen LogP contribution in [0.25, 0.3) is 0 Å². The fourth-order valence-corrected chi connectivity index (χ4v) is 2.61. The van der Waals surface area contributed by atoms with Crippen molar-refractivity contribution in [1.29, 1.82) is 0 Å². The molecule has 0 fully saturated rings. The van der Waals surface area contributed by atoms with Gasteiger partial charge < -0.3 is 4.74 Å².